The van der Waals surface area contributed by atoms with Crippen molar-refractivity contribution < 1.29 is 14.3 Å². The monoisotopic (exact) mass is 330 g/mol. The third-order valence-corrected chi connectivity index (χ3v) is 3.96. The van der Waals surface area contributed by atoms with E-state index in [-0.39, 0.29) is 12.2 Å². The zero-order valence-corrected chi connectivity index (χ0v) is 13.8. The maximum Gasteiger partial charge on any atom is 0.340 e. The molecule has 3 N–H and O–H groups in total. The second-order valence-corrected chi connectivity index (χ2v) is 5.77. The maximum atomic E-state index is 12.0. The maximum absolute atomic E-state index is 12.0. The van der Waals surface area contributed by atoms with Crippen LogP contribution in [0, 0.1) is 6.92 Å². The van der Waals surface area contributed by atoms with Gasteiger partial charge in [0.2, 0.25) is 0 Å². The number of thioether (sulfide) groups is 1. The van der Waals surface area contributed by atoms with Crippen LogP contribution in [0.15, 0.2) is 47.4 Å². The second-order valence-electron chi connectivity index (χ2n) is 4.89. The number of hydrogen-bond donors (Lipinski definition) is 2. The van der Waals surface area contributed by atoms with Crippen LogP contribution in [0.5, 0.6) is 0 Å². The Kier molecular flexibility index (Phi) is 5.65. The number of aryl methyl sites for hydroxylation is 1. The van der Waals surface area contributed by atoms with E-state index in [4.69, 9.17) is 10.5 Å². The lowest BCUT2D eigenvalue weighted by atomic mass is 10.1. The molecule has 5 nitrogen and oxygen atoms in total. The van der Waals surface area contributed by atoms with Gasteiger partial charge in [-0.1, -0.05) is 18.2 Å². The van der Waals surface area contributed by atoms with Gasteiger partial charge in [0.25, 0.3) is 5.91 Å². The number of amides is 1. The van der Waals surface area contributed by atoms with Gasteiger partial charge in [-0.25, -0.2) is 4.79 Å². The third-order valence-electron chi connectivity index (χ3n) is 3.23. The highest BCUT2D eigenvalue weighted by atomic mass is 32.2. The summed E-state index contributed by atoms with van der Waals surface area (Å²) in [6.07, 6.45) is 1.95. The Morgan fingerprint density at radius 3 is 2.70 bits per heavy atom. The molecule has 0 aliphatic rings. The molecule has 2 aromatic rings. The smallest absolute Gasteiger partial charge is 0.340 e. The van der Waals surface area contributed by atoms with E-state index in [0.29, 0.717) is 11.4 Å². The molecule has 0 spiro atoms. The van der Waals surface area contributed by atoms with E-state index in [1.54, 1.807) is 43.0 Å². The van der Waals surface area contributed by atoms with E-state index in [1.165, 1.54) is 0 Å². The molecule has 120 valence electrons. The Morgan fingerprint density at radius 1 is 1.22 bits per heavy atom. The molecule has 1 amide bonds. The number of carbonyl (C=O) groups excluding carboxylic acids is 2. The predicted molar refractivity (Wildman–Crippen MR) is 92.7 cm³/mol. The van der Waals surface area contributed by atoms with Crippen molar-refractivity contribution in [3.8, 4) is 0 Å². The summed E-state index contributed by atoms with van der Waals surface area (Å²) in [6, 6.07) is 12.5. The molecule has 6 heteroatoms. The van der Waals surface area contributed by atoms with E-state index >= 15 is 0 Å². The number of nitrogens with two attached hydrogens (primary N) is 1. The van der Waals surface area contributed by atoms with E-state index in [9.17, 15) is 9.59 Å². The molecule has 0 radical (unpaired) electrons. The summed E-state index contributed by atoms with van der Waals surface area (Å²) >= 11 is 1.58. The average Bonchev–Trinajstić information content (AvgIpc) is 2.55. The highest BCUT2D eigenvalue weighted by Crippen LogP contribution is 2.19. The minimum atomic E-state index is -0.612. The lowest BCUT2D eigenvalue weighted by Gasteiger charge is -2.09. The highest BCUT2D eigenvalue weighted by molar-refractivity contribution is 7.98. The molecule has 0 unspecified atom stereocenters. The lowest BCUT2D eigenvalue weighted by Crippen LogP contribution is -2.21. The summed E-state index contributed by atoms with van der Waals surface area (Å²) < 4.78 is 5.02. The van der Waals surface area contributed by atoms with Crippen molar-refractivity contribution >= 4 is 35.0 Å². The Bertz CT molecular complexity index is 732. The first-order valence-electron chi connectivity index (χ1n) is 6.97. The van der Waals surface area contributed by atoms with Gasteiger partial charge < -0.3 is 15.8 Å². The zero-order valence-electron chi connectivity index (χ0n) is 13.0. The molecule has 0 saturated carbocycles. The van der Waals surface area contributed by atoms with Crippen molar-refractivity contribution in [3.63, 3.8) is 0 Å². The summed E-state index contributed by atoms with van der Waals surface area (Å²) in [4.78, 5) is 24.9. The van der Waals surface area contributed by atoms with Gasteiger partial charge in [-0.15, -0.1) is 11.8 Å². The van der Waals surface area contributed by atoms with Crippen molar-refractivity contribution in [2.45, 2.75) is 11.8 Å². The molecule has 0 aromatic heterocycles. The second kappa shape index (κ2) is 7.69. The molecule has 0 atom stereocenters. The molecule has 2 aromatic carbocycles. The minimum absolute atomic E-state index is 0.266. The summed E-state index contributed by atoms with van der Waals surface area (Å²) in [6.45, 7) is 1.44. The molecule has 0 aliphatic carbocycles. The summed E-state index contributed by atoms with van der Waals surface area (Å²) in [7, 11) is 0. The molecule has 0 heterocycles. The van der Waals surface area contributed by atoms with Crippen LogP contribution in [0.3, 0.4) is 0 Å². The molecular weight excluding hydrogens is 312 g/mol. The number of nitrogen functional groups attached to an aromatic ring is 1. The first-order chi connectivity index (χ1) is 11.0. The predicted octanol–water partition coefficient (Wildman–Crippen LogP) is 3.09. The normalized spacial score (nSPS) is 10.2. The first-order valence-corrected chi connectivity index (χ1v) is 8.20. The Labute approximate surface area is 139 Å². The number of benzene rings is 2. The van der Waals surface area contributed by atoms with Gasteiger partial charge in [0.05, 0.1) is 5.56 Å². The fourth-order valence-electron chi connectivity index (χ4n) is 1.97. The van der Waals surface area contributed by atoms with Crippen LogP contribution in [0.4, 0.5) is 11.4 Å². The van der Waals surface area contributed by atoms with E-state index < -0.39 is 11.9 Å². The first kappa shape index (κ1) is 16.9. The van der Waals surface area contributed by atoms with Crippen LogP contribution in [0.2, 0.25) is 0 Å². The summed E-state index contributed by atoms with van der Waals surface area (Å²) in [5, 5.41) is 2.69. The molecule has 0 bridgehead atoms. The number of para-hydroxylation sites is 1. The minimum Gasteiger partial charge on any atom is -0.452 e. The number of nitrogens with one attached hydrogen (secondary N) is 1. The van der Waals surface area contributed by atoms with Crippen molar-refractivity contribution in [3.05, 3.63) is 53.6 Å². The third kappa shape index (κ3) is 4.50. The van der Waals surface area contributed by atoms with Gasteiger partial charge >= 0.3 is 5.97 Å². The highest BCUT2D eigenvalue weighted by Gasteiger charge is 2.14. The van der Waals surface area contributed by atoms with Gasteiger partial charge in [-0.05, 0) is 43.0 Å². The van der Waals surface area contributed by atoms with Crippen LogP contribution in [-0.4, -0.2) is 24.7 Å². The van der Waals surface area contributed by atoms with Gasteiger partial charge in [0.1, 0.15) is 0 Å². The van der Waals surface area contributed by atoms with Crippen molar-refractivity contribution in [2.24, 2.45) is 0 Å². The SMILES string of the molecule is CSc1cccc(NC(=O)COC(=O)c2cccc(C)c2N)c1. The fourth-order valence-corrected chi connectivity index (χ4v) is 2.42. The molecule has 0 aliphatic heterocycles. The van der Waals surface area contributed by atoms with Crippen LogP contribution in [0.25, 0.3) is 0 Å². The molecular formula is C17H18N2O3S. The lowest BCUT2D eigenvalue weighted by molar-refractivity contribution is -0.119. The van der Waals surface area contributed by atoms with Crippen molar-refractivity contribution in [1.29, 1.82) is 0 Å². The van der Waals surface area contributed by atoms with Crippen LogP contribution >= 0.6 is 11.8 Å². The number of carbonyl (C=O) groups is 2. The Balaban J connectivity index is 1.93. The van der Waals surface area contributed by atoms with Crippen LogP contribution < -0.4 is 11.1 Å². The number of anilines is 2. The van der Waals surface area contributed by atoms with Crippen molar-refractivity contribution in [2.75, 3.05) is 23.9 Å². The molecule has 2 rings (SSSR count). The zero-order chi connectivity index (χ0) is 16.8. The molecule has 0 saturated heterocycles. The summed E-state index contributed by atoms with van der Waals surface area (Å²) in [5.74, 6) is -1.01. The average molecular weight is 330 g/mol. The number of ether oxygens (including phenoxy) is 1. The van der Waals surface area contributed by atoms with Crippen LogP contribution in [-0.2, 0) is 9.53 Å². The quantitative estimate of drug-likeness (QED) is 0.500. The standard InChI is InChI=1S/C17H18N2O3S/c1-11-5-3-8-14(16(11)18)17(21)22-10-15(20)19-12-6-4-7-13(9-12)23-2/h3-9H,10,18H2,1-2H3,(H,19,20). The van der Waals surface area contributed by atoms with Crippen molar-refractivity contribution in [1.82, 2.24) is 0 Å². The van der Waals surface area contributed by atoms with Gasteiger partial charge in [0.15, 0.2) is 6.61 Å². The number of rotatable bonds is 5. The molecule has 0 fully saturated rings. The van der Waals surface area contributed by atoms with Crippen LogP contribution in [0.1, 0.15) is 15.9 Å². The van der Waals surface area contributed by atoms with E-state index in [0.717, 1.165) is 10.5 Å². The van der Waals surface area contributed by atoms with Gasteiger partial charge in [0, 0.05) is 16.3 Å². The number of esters is 1. The Morgan fingerprint density at radius 2 is 1.96 bits per heavy atom. The number of hydrogen-bond acceptors (Lipinski definition) is 5. The van der Waals surface area contributed by atoms with E-state index in [1.807, 2.05) is 24.5 Å². The Hall–Kier alpha value is -2.47. The molecule has 23 heavy (non-hydrogen) atoms. The largest absolute Gasteiger partial charge is 0.452 e. The van der Waals surface area contributed by atoms with Gasteiger partial charge in [-0.2, -0.15) is 0 Å². The summed E-state index contributed by atoms with van der Waals surface area (Å²) in [5.41, 5.74) is 7.92. The topological polar surface area (TPSA) is 81.4 Å². The fraction of sp³-hybridized carbons (Fsp3) is 0.176. The van der Waals surface area contributed by atoms with Gasteiger partial charge in [-0.3, -0.25) is 4.79 Å². The van der Waals surface area contributed by atoms with E-state index in [2.05, 4.69) is 5.32 Å².